The molecular formula is C7H10N2O2. The Balaban J connectivity index is 3.00. The molecule has 1 amide bonds. The van der Waals surface area contributed by atoms with E-state index in [9.17, 15) is 9.59 Å². The van der Waals surface area contributed by atoms with E-state index in [-0.39, 0.29) is 11.7 Å². The van der Waals surface area contributed by atoms with E-state index in [1.54, 1.807) is 6.92 Å². The molecule has 1 heterocycles. The summed E-state index contributed by atoms with van der Waals surface area (Å²) in [6, 6.07) is 0. The van der Waals surface area contributed by atoms with Crippen LogP contribution in [0, 0.1) is 5.41 Å². The average Bonchev–Trinajstić information content (AvgIpc) is 2.18. The van der Waals surface area contributed by atoms with E-state index < -0.39 is 5.41 Å². The van der Waals surface area contributed by atoms with Crippen molar-refractivity contribution in [2.75, 3.05) is 7.05 Å². The topological polar surface area (TPSA) is 49.7 Å². The summed E-state index contributed by atoms with van der Waals surface area (Å²) in [5.41, 5.74) is -1.02. The molecule has 0 aliphatic carbocycles. The Labute approximate surface area is 64.9 Å². The molecule has 11 heavy (non-hydrogen) atoms. The van der Waals surface area contributed by atoms with Gasteiger partial charge in [-0.2, -0.15) is 5.10 Å². The van der Waals surface area contributed by atoms with E-state index in [2.05, 4.69) is 5.10 Å². The van der Waals surface area contributed by atoms with Gasteiger partial charge in [0.15, 0.2) is 5.78 Å². The second-order valence-corrected chi connectivity index (χ2v) is 2.83. The number of carbonyl (C=O) groups is 2. The van der Waals surface area contributed by atoms with Crippen molar-refractivity contribution in [3.05, 3.63) is 0 Å². The first-order valence-corrected chi connectivity index (χ1v) is 3.33. The lowest BCUT2D eigenvalue weighted by Gasteiger charge is -2.15. The molecule has 0 fully saturated rings. The van der Waals surface area contributed by atoms with E-state index in [4.69, 9.17) is 0 Å². The summed E-state index contributed by atoms with van der Waals surface area (Å²) >= 11 is 0. The normalized spacial score (nSPS) is 29.7. The molecule has 60 valence electrons. The zero-order valence-corrected chi connectivity index (χ0v) is 6.79. The third kappa shape index (κ3) is 0.943. The van der Waals surface area contributed by atoms with Gasteiger partial charge >= 0.3 is 0 Å². The Morgan fingerprint density at radius 1 is 1.73 bits per heavy atom. The summed E-state index contributed by atoms with van der Waals surface area (Å²) in [5.74, 6) is -0.430. The van der Waals surface area contributed by atoms with Crippen LogP contribution in [-0.4, -0.2) is 30.0 Å². The minimum atomic E-state index is -1.02. The Bertz CT molecular complexity index is 247. The largest absolute Gasteiger partial charge is 0.298 e. The quantitative estimate of drug-likeness (QED) is 0.501. The van der Waals surface area contributed by atoms with E-state index in [1.807, 2.05) is 0 Å². The summed E-state index contributed by atoms with van der Waals surface area (Å²) in [7, 11) is 1.53. The highest BCUT2D eigenvalue weighted by molar-refractivity contribution is 6.19. The summed E-state index contributed by atoms with van der Waals surface area (Å²) in [5, 5.41) is 4.91. The van der Waals surface area contributed by atoms with Crippen molar-refractivity contribution in [1.82, 2.24) is 5.01 Å². The Morgan fingerprint density at radius 3 is 2.45 bits per heavy atom. The second kappa shape index (κ2) is 2.15. The van der Waals surface area contributed by atoms with Crippen LogP contribution in [0.4, 0.5) is 0 Å². The lowest BCUT2D eigenvalue weighted by molar-refractivity contribution is -0.140. The van der Waals surface area contributed by atoms with Gasteiger partial charge in [-0.15, -0.1) is 0 Å². The van der Waals surface area contributed by atoms with Gasteiger partial charge < -0.3 is 0 Å². The maximum absolute atomic E-state index is 11.2. The van der Waals surface area contributed by atoms with Crippen molar-refractivity contribution in [2.24, 2.45) is 10.5 Å². The van der Waals surface area contributed by atoms with Gasteiger partial charge in [-0.3, -0.25) is 9.59 Å². The molecule has 0 bridgehead atoms. The highest BCUT2D eigenvalue weighted by atomic mass is 16.2. The molecule has 0 saturated carbocycles. The smallest absolute Gasteiger partial charge is 0.261 e. The number of hydrazone groups is 1. The second-order valence-electron chi connectivity index (χ2n) is 2.83. The minimum absolute atomic E-state index is 0.171. The molecule has 1 aliphatic heterocycles. The van der Waals surface area contributed by atoms with Crippen LogP contribution in [0.2, 0.25) is 0 Å². The third-order valence-corrected chi connectivity index (χ3v) is 1.96. The number of rotatable bonds is 1. The van der Waals surface area contributed by atoms with Crippen molar-refractivity contribution in [3.63, 3.8) is 0 Å². The molecule has 0 saturated heterocycles. The molecule has 0 aromatic rings. The number of Topliss-reactive ketones (excluding diaryl/α,β-unsaturated/α-hetero) is 1. The van der Waals surface area contributed by atoms with Crippen molar-refractivity contribution in [1.29, 1.82) is 0 Å². The molecule has 0 aromatic heterocycles. The fourth-order valence-corrected chi connectivity index (χ4v) is 0.887. The number of carbonyl (C=O) groups excluding carboxylic acids is 2. The number of amides is 1. The van der Waals surface area contributed by atoms with Crippen molar-refractivity contribution in [3.8, 4) is 0 Å². The highest BCUT2D eigenvalue weighted by Crippen LogP contribution is 2.23. The summed E-state index contributed by atoms with van der Waals surface area (Å²) < 4.78 is 0. The maximum Gasteiger partial charge on any atom is 0.261 e. The van der Waals surface area contributed by atoms with Crippen LogP contribution in [0.3, 0.4) is 0 Å². The summed E-state index contributed by atoms with van der Waals surface area (Å²) in [4.78, 5) is 22.2. The van der Waals surface area contributed by atoms with Crippen molar-refractivity contribution in [2.45, 2.75) is 13.8 Å². The molecule has 0 N–H and O–H groups in total. The first-order chi connectivity index (χ1) is 4.98. The number of ketones is 1. The molecule has 4 heteroatoms. The molecule has 1 atom stereocenters. The highest BCUT2D eigenvalue weighted by Gasteiger charge is 2.42. The first kappa shape index (κ1) is 7.91. The summed E-state index contributed by atoms with van der Waals surface area (Å²) in [6.07, 6.45) is 1.39. The lowest BCUT2D eigenvalue weighted by Crippen LogP contribution is -2.37. The van der Waals surface area contributed by atoms with Gasteiger partial charge in [0.05, 0.1) is 0 Å². The Hall–Kier alpha value is -1.19. The van der Waals surface area contributed by atoms with Gasteiger partial charge in [0.25, 0.3) is 5.91 Å². The molecule has 1 unspecified atom stereocenters. The lowest BCUT2D eigenvalue weighted by atomic mass is 9.88. The number of hydrogen-bond donors (Lipinski definition) is 0. The van der Waals surface area contributed by atoms with Crippen LogP contribution in [0.5, 0.6) is 0 Å². The first-order valence-electron chi connectivity index (χ1n) is 3.33. The van der Waals surface area contributed by atoms with Crippen LogP contribution >= 0.6 is 0 Å². The van der Waals surface area contributed by atoms with Crippen LogP contribution in [0.1, 0.15) is 13.8 Å². The molecule has 0 radical (unpaired) electrons. The summed E-state index contributed by atoms with van der Waals surface area (Å²) in [6.45, 7) is 2.97. The standard InChI is InChI=1S/C7H10N2O2/c1-5(10)7(2)4-8-9(3)6(7)11/h4H,1-3H3. The predicted molar refractivity (Wildman–Crippen MR) is 40.1 cm³/mol. The Morgan fingerprint density at radius 2 is 2.27 bits per heavy atom. The number of hydrogen-bond acceptors (Lipinski definition) is 3. The van der Waals surface area contributed by atoms with Gasteiger partial charge in [-0.05, 0) is 13.8 Å². The zero-order chi connectivity index (χ0) is 8.65. The average molecular weight is 154 g/mol. The van der Waals surface area contributed by atoms with E-state index >= 15 is 0 Å². The fourth-order valence-electron chi connectivity index (χ4n) is 0.887. The molecule has 1 rings (SSSR count). The molecule has 0 spiro atoms. The molecular weight excluding hydrogens is 144 g/mol. The minimum Gasteiger partial charge on any atom is -0.298 e. The van der Waals surface area contributed by atoms with E-state index in [1.165, 1.54) is 25.2 Å². The van der Waals surface area contributed by atoms with Crippen LogP contribution in [-0.2, 0) is 9.59 Å². The van der Waals surface area contributed by atoms with Gasteiger partial charge in [0.1, 0.15) is 5.41 Å². The van der Waals surface area contributed by atoms with Gasteiger partial charge in [0, 0.05) is 13.3 Å². The molecule has 0 aromatic carbocycles. The Kier molecular flexibility index (Phi) is 1.55. The van der Waals surface area contributed by atoms with E-state index in [0.717, 1.165) is 0 Å². The predicted octanol–water partition coefficient (Wildman–Crippen LogP) is 0.0395. The van der Waals surface area contributed by atoms with Crippen LogP contribution in [0.15, 0.2) is 5.10 Å². The van der Waals surface area contributed by atoms with Gasteiger partial charge in [0.2, 0.25) is 0 Å². The van der Waals surface area contributed by atoms with Crippen LogP contribution < -0.4 is 0 Å². The monoisotopic (exact) mass is 154 g/mol. The van der Waals surface area contributed by atoms with Crippen molar-refractivity contribution >= 4 is 17.9 Å². The molecule has 1 aliphatic rings. The van der Waals surface area contributed by atoms with Gasteiger partial charge in [-0.25, -0.2) is 5.01 Å². The van der Waals surface area contributed by atoms with E-state index in [0.29, 0.717) is 0 Å². The third-order valence-electron chi connectivity index (χ3n) is 1.96. The zero-order valence-electron chi connectivity index (χ0n) is 6.79. The maximum atomic E-state index is 11.2. The van der Waals surface area contributed by atoms with Crippen LogP contribution in [0.25, 0.3) is 0 Å². The SMILES string of the molecule is CC(=O)C1(C)C=NN(C)C1=O. The molecule has 4 nitrogen and oxygen atoms in total. The number of nitrogens with zero attached hydrogens (tertiary/aromatic N) is 2. The van der Waals surface area contributed by atoms with Gasteiger partial charge in [-0.1, -0.05) is 0 Å². The fraction of sp³-hybridized carbons (Fsp3) is 0.571. The van der Waals surface area contributed by atoms with Crippen molar-refractivity contribution < 1.29 is 9.59 Å².